The van der Waals surface area contributed by atoms with Crippen molar-refractivity contribution in [3.8, 4) is 0 Å². The number of aliphatic hydroxyl groups excluding tert-OH is 1. The van der Waals surface area contributed by atoms with Gasteiger partial charge in [0.2, 0.25) is 0 Å². The summed E-state index contributed by atoms with van der Waals surface area (Å²) in [5, 5.41) is 13.2. The molecule has 2 saturated carbocycles. The van der Waals surface area contributed by atoms with E-state index in [1.165, 1.54) is 44.9 Å². The number of hydrogen-bond acceptors (Lipinski definition) is 3. The minimum absolute atomic E-state index is 0.0840. The fourth-order valence-electron chi connectivity index (χ4n) is 3.55. The Bertz CT molecular complexity index is 293. The summed E-state index contributed by atoms with van der Waals surface area (Å²) in [5.74, 6) is 0.893. The Kier molecular flexibility index (Phi) is 6.97. The number of hydrogen-bond donors (Lipinski definition) is 2. The minimum Gasteiger partial charge on any atom is -0.394 e. The Morgan fingerprint density at radius 2 is 2.00 bits per heavy atom. The maximum atomic E-state index is 9.58. The van der Waals surface area contributed by atoms with Gasteiger partial charge in [-0.15, -0.1) is 0 Å². The van der Waals surface area contributed by atoms with E-state index < -0.39 is 0 Å². The molecule has 0 aromatic rings. The summed E-state index contributed by atoms with van der Waals surface area (Å²) in [6.07, 6.45) is 13.0. The zero-order valence-corrected chi connectivity index (χ0v) is 14.1. The van der Waals surface area contributed by atoms with Gasteiger partial charge in [0.1, 0.15) is 0 Å². The highest BCUT2D eigenvalue weighted by molar-refractivity contribution is 4.92. The average Bonchev–Trinajstić information content (AvgIpc) is 3.31. The maximum absolute atomic E-state index is 9.58. The Morgan fingerprint density at radius 1 is 1.19 bits per heavy atom. The van der Waals surface area contributed by atoms with Crippen molar-refractivity contribution in [2.45, 2.75) is 95.7 Å². The molecule has 0 aromatic heterocycles. The Hall–Kier alpha value is -0.120. The van der Waals surface area contributed by atoms with E-state index in [-0.39, 0.29) is 12.1 Å². The van der Waals surface area contributed by atoms with Crippen molar-refractivity contribution in [2.75, 3.05) is 13.2 Å². The summed E-state index contributed by atoms with van der Waals surface area (Å²) in [5.41, 5.74) is -0.0840. The van der Waals surface area contributed by atoms with Crippen molar-refractivity contribution in [1.29, 1.82) is 0 Å². The molecule has 2 rings (SSSR count). The van der Waals surface area contributed by atoms with Gasteiger partial charge in [0.15, 0.2) is 0 Å². The topological polar surface area (TPSA) is 41.5 Å². The molecule has 0 bridgehead atoms. The van der Waals surface area contributed by atoms with Crippen LogP contribution in [-0.2, 0) is 4.74 Å². The third-order valence-electron chi connectivity index (χ3n) is 5.27. The van der Waals surface area contributed by atoms with Gasteiger partial charge in [-0.25, -0.2) is 0 Å². The molecule has 124 valence electrons. The van der Waals surface area contributed by atoms with Gasteiger partial charge in [0.05, 0.1) is 12.7 Å². The predicted molar refractivity (Wildman–Crippen MR) is 87.5 cm³/mol. The van der Waals surface area contributed by atoms with E-state index in [0.717, 1.165) is 31.8 Å². The first kappa shape index (κ1) is 17.2. The second-order valence-electron chi connectivity index (χ2n) is 7.53. The van der Waals surface area contributed by atoms with Crippen molar-refractivity contribution in [3.05, 3.63) is 0 Å². The fraction of sp³-hybridized carbons (Fsp3) is 1.00. The van der Waals surface area contributed by atoms with Crippen LogP contribution in [-0.4, -0.2) is 36.0 Å². The molecule has 2 aliphatic carbocycles. The highest BCUT2D eigenvalue weighted by atomic mass is 16.5. The van der Waals surface area contributed by atoms with E-state index in [9.17, 15) is 5.11 Å². The lowest BCUT2D eigenvalue weighted by molar-refractivity contribution is 0.00975. The standard InChI is InChI=1S/C18H35NO2/c1-3-15-7-6-8-17(13-15)21-12-5-4-11-18(2,14-20)19-16-9-10-16/h15-17,19-20H,3-14H2,1-2H3. The van der Waals surface area contributed by atoms with Crippen LogP contribution < -0.4 is 5.32 Å². The quantitative estimate of drug-likeness (QED) is 0.605. The largest absolute Gasteiger partial charge is 0.394 e. The van der Waals surface area contributed by atoms with Crippen LogP contribution in [0.5, 0.6) is 0 Å². The van der Waals surface area contributed by atoms with Crippen LogP contribution in [0.15, 0.2) is 0 Å². The molecule has 21 heavy (non-hydrogen) atoms. The van der Waals surface area contributed by atoms with Gasteiger partial charge in [-0.1, -0.05) is 26.2 Å². The Balaban J connectivity index is 1.54. The summed E-state index contributed by atoms with van der Waals surface area (Å²) in [4.78, 5) is 0. The SMILES string of the molecule is CCC1CCCC(OCCCCC(C)(CO)NC2CC2)C1. The van der Waals surface area contributed by atoms with Crippen molar-refractivity contribution in [1.82, 2.24) is 5.32 Å². The molecule has 3 heteroatoms. The third kappa shape index (κ3) is 6.25. The van der Waals surface area contributed by atoms with Gasteiger partial charge < -0.3 is 15.2 Å². The van der Waals surface area contributed by atoms with Gasteiger partial charge in [-0.3, -0.25) is 0 Å². The predicted octanol–water partition coefficient (Wildman–Crippen LogP) is 3.65. The number of aliphatic hydroxyl groups is 1. The van der Waals surface area contributed by atoms with Crippen LogP contribution in [0.2, 0.25) is 0 Å². The van der Waals surface area contributed by atoms with Crippen LogP contribution >= 0.6 is 0 Å². The lowest BCUT2D eigenvalue weighted by atomic mass is 9.85. The zero-order valence-electron chi connectivity index (χ0n) is 14.1. The molecule has 0 aliphatic heterocycles. The first-order valence-corrected chi connectivity index (χ1v) is 9.15. The van der Waals surface area contributed by atoms with Crippen molar-refractivity contribution in [2.24, 2.45) is 5.92 Å². The second kappa shape index (κ2) is 8.50. The summed E-state index contributed by atoms with van der Waals surface area (Å²) >= 11 is 0. The molecule has 2 fully saturated rings. The van der Waals surface area contributed by atoms with Gasteiger partial charge in [0.25, 0.3) is 0 Å². The summed E-state index contributed by atoms with van der Waals surface area (Å²) in [6, 6.07) is 0.659. The first-order valence-electron chi connectivity index (χ1n) is 9.15. The number of rotatable bonds is 10. The highest BCUT2D eigenvalue weighted by Crippen LogP contribution is 2.29. The minimum atomic E-state index is -0.0840. The Morgan fingerprint density at radius 3 is 2.67 bits per heavy atom. The van der Waals surface area contributed by atoms with E-state index >= 15 is 0 Å². The summed E-state index contributed by atoms with van der Waals surface area (Å²) in [7, 11) is 0. The van der Waals surface area contributed by atoms with Crippen LogP contribution in [0, 0.1) is 5.92 Å². The zero-order chi connectivity index (χ0) is 15.1. The van der Waals surface area contributed by atoms with Crippen molar-refractivity contribution >= 4 is 0 Å². The van der Waals surface area contributed by atoms with Gasteiger partial charge in [-0.2, -0.15) is 0 Å². The normalized spacial score (nSPS) is 29.3. The van der Waals surface area contributed by atoms with E-state index in [1.54, 1.807) is 0 Å². The third-order valence-corrected chi connectivity index (χ3v) is 5.27. The number of unbranched alkanes of at least 4 members (excludes halogenated alkanes) is 1. The molecular formula is C18H35NO2. The molecule has 0 heterocycles. The maximum Gasteiger partial charge on any atom is 0.0610 e. The smallest absolute Gasteiger partial charge is 0.0610 e. The van der Waals surface area contributed by atoms with Crippen molar-refractivity contribution in [3.63, 3.8) is 0 Å². The molecule has 3 unspecified atom stereocenters. The molecular weight excluding hydrogens is 262 g/mol. The number of nitrogens with one attached hydrogen (secondary N) is 1. The lowest BCUT2D eigenvalue weighted by Crippen LogP contribution is -2.46. The van der Waals surface area contributed by atoms with Crippen LogP contribution in [0.1, 0.15) is 78.1 Å². The molecule has 2 aliphatic rings. The fourth-order valence-corrected chi connectivity index (χ4v) is 3.55. The summed E-state index contributed by atoms with van der Waals surface area (Å²) in [6.45, 7) is 5.59. The van der Waals surface area contributed by atoms with Gasteiger partial charge in [-0.05, 0) is 57.8 Å². The van der Waals surface area contributed by atoms with E-state index in [1.807, 2.05) is 0 Å². The molecule has 0 radical (unpaired) electrons. The molecule has 0 saturated heterocycles. The Labute approximate surface area is 130 Å². The van der Waals surface area contributed by atoms with Gasteiger partial charge >= 0.3 is 0 Å². The lowest BCUT2D eigenvalue weighted by Gasteiger charge is -2.30. The van der Waals surface area contributed by atoms with E-state index in [2.05, 4.69) is 19.2 Å². The molecule has 0 spiro atoms. The van der Waals surface area contributed by atoms with Crippen LogP contribution in [0.25, 0.3) is 0 Å². The average molecular weight is 297 g/mol. The molecule has 0 aromatic carbocycles. The number of ether oxygens (including phenoxy) is 1. The second-order valence-corrected chi connectivity index (χ2v) is 7.53. The molecule has 3 atom stereocenters. The molecule has 2 N–H and O–H groups in total. The first-order chi connectivity index (χ1) is 10.1. The highest BCUT2D eigenvalue weighted by Gasteiger charge is 2.31. The molecule has 0 amide bonds. The van der Waals surface area contributed by atoms with Crippen LogP contribution in [0.3, 0.4) is 0 Å². The van der Waals surface area contributed by atoms with Crippen molar-refractivity contribution < 1.29 is 9.84 Å². The van der Waals surface area contributed by atoms with Crippen LogP contribution in [0.4, 0.5) is 0 Å². The van der Waals surface area contributed by atoms with E-state index in [4.69, 9.17) is 4.74 Å². The summed E-state index contributed by atoms with van der Waals surface area (Å²) < 4.78 is 6.07. The van der Waals surface area contributed by atoms with E-state index in [0.29, 0.717) is 12.1 Å². The monoisotopic (exact) mass is 297 g/mol. The van der Waals surface area contributed by atoms with Gasteiger partial charge in [0, 0.05) is 18.2 Å². The molecule has 3 nitrogen and oxygen atoms in total.